The summed E-state index contributed by atoms with van der Waals surface area (Å²) in [5.41, 5.74) is 0.445. The van der Waals surface area contributed by atoms with Crippen LogP contribution in [0.15, 0.2) is 0 Å². The molecule has 1 nitrogen and oxygen atoms in total. The van der Waals surface area contributed by atoms with Gasteiger partial charge in [-0.2, -0.15) is 5.26 Å². The molecule has 0 aromatic carbocycles. The van der Waals surface area contributed by atoms with Crippen molar-refractivity contribution in [1.82, 2.24) is 0 Å². The van der Waals surface area contributed by atoms with Crippen molar-refractivity contribution in [3.8, 4) is 6.07 Å². The van der Waals surface area contributed by atoms with Crippen LogP contribution in [0.5, 0.6) is 0 Å². The van der Waals surface area contributed by atoms with Crippen LogP contribution < -0.4 is 0 Å². The molecule has 3 unspecified atom stereocenters. The van der Waals surface area contributed by atoms with E-state index in [1.165, 1.54) is 19.3 Å². The molecule has 1 heteroatoms. The second-order valence-corrected chi connectivity index (χ2v) is 6.07. The SMILES string of the molecule is CCC(C)(C)C(C)C(C)CCCC(C)C#N. The summed E-state index contributed by atoms with van der Waals surface area (Å²) in [5, 5.41) is 8.73. The third-order valence-electron chi connectivity index (χ3n) is 4.51. The third-order valence-corrected chi connectivity index (χ3v) is 4.51. The van der Waals surface area contributed by atoms with Crippen LogP contribution in [0.1, 0.15) is 67.2 Å². The molecule has 0 aliphatic rings. The van der Waals surface area contributed by atoms with Gasteiger partial charge in [0.1, 0.15) is 0 Å². The summed E-state index contributed by atoms with van der Waals surface area (Å²) in [7, 11) is 0. The molecule has 0 aromatic rings. The maximum atomic E-state index is 8.73. The maximum absolute atomic E-state index is 8.73. The highest BCUT2D eigenvalue weighted by molar-refractivity contribution is 4.80. The van der Waals surface area contributed by atoms with Gasteiger partial charge >= 0.3 is 0 Å². The number of hydrogen-bond donors (Lipinski definition) is 0. The zero-order valence-electron chi connectivity index (χ0n) is 12.0. The van der Waals surface area contributed by atoms with Crippen LogP contribution in [0.25, 0.3) is 0 Å². The monoisotopic (exact) mass is 223 g/mol. The highest BCUT2D eigenvalue weighted by Gasteiger charge is 2.27. The van der Waals surface area contributed by atoms with Crippen molar-refractivity contribution in [3.63, 3.8) is 0 Å². The summed E-state index contributed by atoms with van der Waals surface area (Å²) in [5.74, 6) is 1.75. The Bertz CT molecular complexity index is 224. The summed E-state index contributed by atoms with van der Waals surface area (Å²) < 4.78 is 0. The standard InChI is InChI=1S/C15H29N/c1-7-15(5,6)14(4)13(3)10-8-9-12(2)11-16/h12-14H,7-10H2,1-6H3. The van der Waals surface area contributed by atoms with Gasteiger partial charge in [0.25, 0.3) is 0 Å². The van der Waals surface area contributed by atoms with Crippen molar-refractivity contribution in [2.75, 3.05) is 0 Å². The van der Waals surface area contributed by atoms with Gasteiger partial charge < -0.3 is 0 Å². The topological polar surface area (TPSA) is 23.8 Å². The zero-order chi connectivity index (χ0) is 12.8. The summed E-state index contributed by atoms with van der Waals surface area (Å²) in [6.45, 7) is 13.8. The fourth-order valence-electron chi connectivity index (χ4n) is 2.15. The Morgan fingerprint density at radius 2 is 1.69 bits per heavy atom. The van der Waals surface area contributed by atoms with E-state index in [-0.39, 0.29) is 5.92 Å². The van der Waals surface area contributed by atoms with Crippen molar-refractivity contribution in [1.29, 1.82) is 5.26 Å². The van der Waals surface area contributed by atoms with Crippen LogP contribution in [0.2, 0.25) is 0 Å². The average Bonchev–Trinajstić information content (AvgIpc) is 2.27. The molecular weight excluding hydrogens is 194 g/mol. The van der Waals surface area contributed by atoms with Crippen molar-refractivity contribution < 1.29 is 0 Å². The molecule has 94 valence electrons. The van der Waals surface area contributed by atoms with E-state index in [1.807, 2.05) is 6.92 Å². The number of rotatable bonds is 7. The minimum Gasteiger partial charge on any atom is -0.198 e. The molecule has 0 fully saturated rings. The van der Waals surface area contributed by atoms with E-state index in [0.717, 1.165) is 18.3 Å². The molecule has 16 heavy (non-hydrogen) atoms. The lowest BCUT2D eigenvalue weighted by molar-refractivity contribution is 0.150. The van der Waals surface area contributed by atoms with Crippen molar-refractivity contribution in [2.24, 2.45) is 23.2 Å². The molecule has 0 N–H and O–H groups in total. The maximum Gasteiger partial charge on any atom is 0.0652 e. The largest absolute Gasteiger partial charge is 0.198 e. The molecule has 0 aliphatic heterocycles. The van der Waals surface area contributed by atoms with Crippen molar-refractivity contribution >= 4 is 0 Å². The normalized spacial score (nSPS) is 17.6. The van der Waals surface area contributed by atoms with E-state index in [0.29, 0.717) is 5.41 Å². The highest BCUT2D eigenvalue weighted by Crippen LogP contribution is 2.37. The lowest BCUT2D eigenvalue weighted by atomic mass is 9.70. The van der Waals surface area contributed by atoms with Crippen LogP contribution in [-0.4, -0.2) is 0 Å². The summed E-state index contributed by atoms with van der Waals surface area (Å²) in [6.07, 6.45) is 4.75. The Balaban J connectivity index is 3.98. The van der Waals surface area contributed by atoms with E-state index in [4.69, 9.17) is 5.26 Å². The van der Waals surface area contributed by atoms with Gasteiger partial charge in [-0.1, -0.05) is 53.9 Å². The smallest absolute Gasteiger partial charge is 0.0652 e. The van der Waals surface area contributed by atoms with Crippen LogP contribution in [0, 0.1) is 34.5 Å². The Hall–Kier alpha value is -0.510. The molecule has 0 saturated heterocycles. The van der Waals surface area contributed by atoms with Crippen LogP contribution in [0.4, 0.5) is 0 Å². The second kappa shape index (κ2) is 6.94. The number of nitrogens with zero attached hydrogens (tertiary/aromatic N) is 1. The first kappa shape index (κ1) is 15.5. The first-order valence-corrected chi connectivity index (χ1v) is 6.74. The number of hydrogen-bond acceptors (Lipinski definition) is 1. The minimum atomic E-state index is 0.224. The number of nitriles is 1. The van der Waals surface area contributed by atoms with Gasteiger partial charge in [0, 0.05) is 5.92 Å². The predicted octanol–water partition coefficient (Wildman–Crippen LogP) is 5.02. The molecule has 0 heterocycles. The first-order valence-electron chi connectivity index (χ1n) is 6.74. The molecule has 0 aliphatic carbocycles. The van der Waals surface area contributed by atoms with Crippen molar-refractivity contribution in [3.05, 3.63) is 0 Å². The van der Waals surface area contributed by atoms with E-state index in [9.17, 15) is 0 Å². The first-order chi connectivity index (χ1) is 7.35. The Kier molecular flexibility index (Phi) is 6.72. The van der Waals surface area contributed by atoms with Crippen LogP contribution in [0.3, 0.4) is 0 Å². The molecule has 0 amide bonds. The van der Waals surface area contributed by atoms with Gasteiger partial charge in [0.2, 0.25) is 0 Å². The van der Waals surface area contributed by atoms with Gasteiger partial charge in [0.15, 0.2) is 0 Å². The third kappa shape index (κ3) is 5.01. The summed E-state index contributed by atoms with van der Waals surface area (Å²) in [6, 6.07) is 2.31. The van der Waals surface area contributed by atoms with Crippen LogP contribution in [-0.2, 0) is 0 Å². The minimum absolute atomic E-state index is 0.224. The van der Waals surface area contributed by atoms with Crippen molar-refractivity contribution in [2.45, 2.75) is 67.2 Å². The molecule has 0 spiro atoms. The average molecular weight is 223 g/mol. The molecule has 0 bridgehead atoms. The highest BCUT2D eigenvalue weighted by atomic mass is 14.3. The zero-order valence-corrected chi connectivity index (χ0v) is 12.0. The Labute approximate surface area is 102 Å². The molecule has 0 saturated carbocycles. The van der Waals surface area contributed by atoms with Gasteiger partial charge in [-0.25, -0.2) is 0 Å². The Morgan fingerprint density at radius 1 is 1.12 bits per heavy atom. The van der Waals surface area contributed by atoms with Gasteiger partial charge in [0.05, 0.1) is 6.07 Å². The molecular formula is C15H29N. The quantitative estimate of drug-likeness (QED) is 0.594. The fourth-order valence-corrected chi connectivity index (χ4v) is 2.15. The van der Waals surface area contributed by atoms with Crippen LogP contribution >= 0.6 is 0 Å². The Morgan fingerprint density at radius 3 is 2.12 bits per heavy atom. The van der Waals surface area contributed by atoms with Gasteiger partial charge in [-0.05, 0) is 30.6 Å². The molecule has 0 aromatic heterocycles. The second-order valence-electron chi connectivity index (χ2n) is 6.07. The van der Waals surface area contributed by atoms with E-state index in [1.54, 1.807) is 0 Å². The molecule has 0 radical (unpaired) electrons. The summed E-state index contributed by atoms with van der Waals surface area (Å²) >= 11 is 0. The fraction of sp³-hybridized carbons (Fsp3) is 0.933. The lowest BCUT2D eigenvalue weighted by Gasteiger charge is -2.35. The molecule has 3 atom stereocenters. The lowest BCUT2D eigenvalue weighted by Crippen LogP contribution is -2.26. The van der Waals surface area contributed by atoms with E-state index in [2.05, 4.69) is 40.7 Å². The van der Waals surface area contributed by atoms with E-state index < -0.39 is 0 Å². The summed E-state index contributed by atoms with van der Waals surface area (Å²) in [4.78, 5) is 0. The van der Waals surface area contributed by atoms with Gasteiger partial charge in [-0.15, -0.1) is 0 Å². The predicted molar refractivity (Wildman–Crippen MR) is 71.0 cm³/mol. The van der Waals surface area contributed by atoms with Gasteiger partial charge in [-0.3, -0.25) is 0 Å². The van der Waals surface area contributed by atoms with E-state index >= 15 is 0 Å². The molecule has 0 rings (SSSR count).